The molecule has 16 heavy (non-hydrogen) atoms. The number of rotatable bonds is 6. The van der Waals surface area contributed by atoms with Gasteiger partial charge in [-0.3, -0.25) is 0 Å². The normalized spacial score (nSPS) is 26.1. The topological polar surface area (TPSA) is 72.2 Å². The summed E-state index contributed by atoms with van der Waals surface area (Å²) in [5.74, 6) is 1.34. The molecule has 0 amide bonds. The van der Waals surface area contributed by atoms with Crippen molar-refractivity contribution in [3.63, 3.8) is 0 Å². The minimum atomic E-state index is -2.81. The number of hydrogen-bond acceptors (Lipinski definition) is 4. The SMILES string of the molecule is CC(C)C(CN)CNCC1CCCS1(=O)=O. The van der Waals surface area contributed by atoms with E-state index < -0.39 is 9.84 Å². The van der Waals surface area contributed by atoms with Gasteiger partial charge in [0.2, 0.25) is 0 Å². The van der Waals surface area contributed by atoms with Crippen LogP contribution in [0.15, 0.2) is 0 Å². The third kappa shape index (κ3) is 3.71. The monoisotopic (exact) mass is 248 g/mol. The van der Waals surface area contributed by atoms with E-state index in [0.717, 1.165) is 19.4 Å². The summed E-state index contributed by atoms with van der Waals surface area (Å²) in [6.45, 7) is 6.35. The van der Waals surface area contributed by atoms with E-state index in [1.54, 1.807) is 0 Å². The zero-order chi connectivity index (χ0) is 12.2. The molecule has 5 heteroatoms. The standard InChI is InChI=1S/C11H24N2O2S/c1-9(2)10(6-12)7-13-8-11-4-3-5-16(11,14)15/h9-11,13H,3-8,12H2,1-2H3. The van der Waals surface area contributed by atoms with Gasteiger partial charge in [0.05, 0.1) is 11.0 Å². The lowest BCUT2D eigenvalue weighted by atomic mass is 9.96. The molecule has 1 aliphatic rings. The third-order valence-corrected chi connectivity index (χ3v) is 5.76. The van der Waals surface area contributed by atoms with Crippen LogP contribution in [0.3, 0.4) is 0 Å². The second-order valence-electron chi connectivity index (χ2n) is 5.03. The second kappa shape index (κ2) is 5.98. The summed E-state index contributed by atoms with van der Waals surface area (Å²) in [5.41, 5.74) is 5.66. The van der Waals surface area contributed by atoms with E-state index in [-0.39, 0.29) is 5.25 Å². The maximum Gasteiger partial charge on any atom is 0.154 e. The van der Waals surface area contributed by atoms with Crippen LogP contribution in [0.1, 0.15) is 26.7 Å². The largest absolute Gasteiger partial charge is 0.330 e. The van der Waals surface area contributed by atoms with Gasteiger partial charge in [-0.25, -0.2) is 8.42 Å². The summed E-state index contributed by atoms with van der Waals surface area (Å²) in [4.78, 5) is 0. The van der Waals surface area contributed by atoms with Crippen molar-refractivity contribution in [1.82, 2.24) is 5.32 Å². The van der Waals surface area contributed by atoms with Gasteiger partial charge in [0, 0.05) is 6.54 Å². The van der Waals surface area contributed by atoms with Crippen molar-refractivity contribution in [2.24, 2.45) is 17.6 Å². The van der Waals surface area contributed by atoms with E-state index in [1.165, 1.54) is 0 Å². The molecule has 0 spiro atoms. The Morgan fingerprint density at radius 3 is 2.56 bits per heavy atom. The summed E-state index contributed by atoms with van der Waals surface area (Å²) in [6.07, 6.45) is 1.63. The van der Waals surface area contributed by atoms with Crippen molar-refractivity contribution in [3.05, 3.63) is 0 Å². The smallest absolute Gasteiger partial charge is 0.154 e. The van der Waals surface area contributed by atoms with E-state index in [0.29, 0.717) is 30.7 Å². The highest BCUT2D eigenvalue weighted by Crippen LogP contribution is 2.19. The Morgan fingerprint density at radius 2 is 2.12 bits per heavy atom. The fraction of sp³-hybridized carbons (Fsp3) is 1.00. The summed E-state index contributed by atoms with van der Waals surface area (Å²) in [5, 5.41) is 3.09. The molecule has 3 N–H and O–H groups in total. The first-order valence-electron chi connectivity index (χ1n) is 6.09. The Labute approximate surface area is 98.9 Å². The van der Waals surface area contributed by atoms with Crippen molar-refractivity contribution in [1.29, 1.82) is 0 Å². The number of nitrogens with one attached hydrogen (secondary N) is 1. The molecule has 1 saturated heterocycles. The Balaban J connectivity index is 2.30. The maximum absolute atomic E-state index is 11.6. The minimum absolute atomic E-state index is 0.168. The fourth-order valence-corrected chi connectivity index (χ4v) is 3.91. The first-order chi connectivity index (χ1) is 7.47. The van der Waals surface area contributed by atoms with Gasteiger partial charge in [0.15, 0.2) is 9.84 Å². The average molecular weight is 248 g/mol. The molecule has 1 aliphatic heterocycles. The number of nitrogens with two attached hydrogens (primary N) is 1. The van der Waals surface area contributed by atoms with Crippen LogP contribution >= 0.6 is 0 Å². The molecule has 1 fully saturated rings. The summed E-state index contributed by atoms with van der Waals surface area (Å²) >= 11 is 0. The van der Waals surface area contributed by atoms with Crippen molar-refractivity contribution in [2.75, 3.05) is 25.4 Å². The van der Waals surface area contributed by atoms with Crippen LogP contribution in [0.5, 0.6) is 0 Å². The van der Waals surface area contributed by atoms with Gasteiger partial charge in [-0.05, 0) is 37.8 Å². The zero-order valence-corrected chi connectivity index (χ0v) is 11.1. The van der Waals surface area contributed by atoms with E-state index >= 15 is 0 Å². The van der Waals surface area contributed by atoms with Crippen molar-refractivity contribution in [2.45, 2.75) is 31.9 Å². The van der Waals surface area contributed by atoms with Crippen molar-refractivity contribution < 1.29 is 8.42 Å². The Morgan fingerprint density at radius 1 is 1.44 bits per heavy atom. The van der Waals surface area contributed by atoms with Crippen LogP contribution in [0.25, 0.3) is 0 Å². The average Bonchev–Trinajstić information content (AvgIpc) is 2.52. The molecule has 4 nitrogen and oxygen atoms in total. The van der Waals surface area contributed by atoms with Gasteiger partial charge in [-0.15, -0.1) is 0 Å². The van der Waals surface area contributed by atoms with Crippen LogP contribution < -0.4 is 11.1 Å². The van der Waals surface area contributed by atoms with Crippen LogP contribution in [0, 0.1) is 11.8 Å². The van der Waals surface area contributed by atoms with Gasteiger partial charge >= 0.3 is 0 Å². The third-order valence-electron chi connectivity index (χ3n) is 3.49. The molecule has 0 radical (unpaired) electrons. The molecule has 0 aromatic rings. The van der Waals surface area contributed by atoms with Crippen LogP contribution in [0.2, 0.25) is 0 Å². The molecule has 0 aromatic heterocycles. The lowest BCUT2D eigenvalue weighted by molar-refractivity contribution is 0.370. The molecule has 0 bridgehead atoms. The number of sulfone groups is 1. The first kappa shape index (κ1) is 13.9. The second-order valence-corrected chi connectivity index (χ2v) is 7.43. The predicted octanol–water partition coefficient (Wildman–Crippen LogP) is 0.384. The molecule has 0 aliphatic carbocycles. The lowest BCUT2D eigenvalue weighted by Gasteiger charge is -2.20. The summed E-state index contributed by atoms with van der Waals surface area (Å²) in [7, 11) is -2.81. The predicted molar refractivity (Wildman–Crippen MR) is 67.1 cm³/mol. The van der Waals surface area contributed by atoms with Crippen LogP contribution in [-0.2, 0) is 9.84 Å². The lowest BCUT2D eigenvalue weighted by Crippen LogP contribution is -2.37. The molecule has 0 aromatic carbocycles. The minimum Gasteiger partial charge on any atom is -0.330 e. The molecular formula is C11H24N2O2S. The van der Waals surface area contributed by atoms with E-state index in [9.17, 15) is 8.42 Å². The van der Waals surface area contributed by atoms with Gasteiger partial charge in [-0.1, -0.05) is 13.8 Å². The first-order valence-corrected chi connectivity index (χ1v) is 7.81. The molecular weight excluding hydrogens is 224 g/mol. The highest BCUT2D eigenvalue weighted by atomic mass is 32.2. The molecule has 1 heterocycles. The quantitative estimate of drug-likeness (QED) is 0.713. The Bertz CT molecular complexity index is 301. The molecule has 96 valence electrons. The van der Waals surface area contributed by atoms with E-state index in [2.05, 4.69) is 19.2 Å². The summed E-state index contributed by atoms with van der Waals surface area (Å²) in [6, 6.07) is 0. The Kier molecular flexibility index (Phi) is 5.21. The van der Waals surface area contributed by atoms with E-state index in [1.807, 2.05) is 0 Å². The highest BCUT2D eigenvalue weighted by Gasteiger charge is 2.30. The van der Waals surface area contributed by atoms with E-state index in [4.69, 9.17) is 5.73 Å². The van der Waals surface area contributed by atoms with Crippen molar-refractivity contribution in [3.8, 4) is 0 Å². The molecule has 2 unspecified atom stereocenters. The maximum atomic E-state index is 11.6. The highest BCUT2D eigenvalue weighted by molar-refractivity contribution is 7.92. The molecule has 1 rings (SSSR count). The van der Waals surface area contributed by atoms with Gasteiger partial charge in [-0.2, -0.15) is 0 Å². The van der Waals surface area contributed by atoms with Crippen molar-refractivity contribution >= 4 is 9.84 Å². The molecule has 0 saturated carbocycles. The van der Waals surface area contributed by atoms with Crippen LogP contribution in [-0.4, -0.2) is 39.1 Å². The number of hydrogen-bond donors (Lipinski definition) is 2. The molecule has 2 atom stereocenters. The summed E-state index contributed by atoms with van der Waals surface area (Å²) < 4.78 is 23.2. The van der Waals surface area contributed by atoms with Gasteiger partial charge in [0.25, 0.3) is 0 Å². The Hall–Kier alpha value is -0.130. The van der Waals surface area contributed by atoms with Gasteiger partial charge < -0.3 is 11.1 Å². The zero-order valence-electron chi connectivity index (χ0n) is 10.3. The van der Waals surface area contributed by atoms with Gasteiger partial charge in [0.1, 0.15) is 0 Å². The van der Waals surface area contributed by atoms with Crippen LogP contribution in [0.4, 0.5) is 0 Å². The fourth-order valence-electron chi connectivity index (χ4n) is 2.11.